The SMILES string of the molecule is CC[C@@H](Nc1cc(F)c(C(=O)N[C@@H](Cc2ccc(-c3nc(C)ccc3C(F)(F)F)c3nccn23)C(=O)OC)c(F)c1)C(F)(F)F. The van der Waals surface area contributed by atoms with Crippen molar-refractivity contribution in [3.63, 3.8) is 0 Å². The summed E-state index contributed by atoms with van der Waals surface area (Å²) in [7, 11) is 0.992. The standard InChI is InChI=1S/C29H25F8N5O3/c1-4-22(29(35,36)37)40-15-11-19(30)23(20(31)12-15)26(43)41-21(27(44)45-3)13-16-6-7-17(25-38-9-10-42(16)25)24-18(28(32,33)34)8-5-14(2)39-24/h5-12,21-22,40H,4,13H2,1-3H3,(H,41,43)/t21-,22+/m0/s1. The van der Waals surface area contributed by atoms with Crippen molar-refractivity contribution in [3.8, 4) is 11.3 Å². The number of amides is 1. The van der Waals surface area contributed by atoms with E-state index in [0.29, 0.717) is 17.8 Å². The number of imidazole rings is 1. The van der Waals surface area contributed by atoms with Crippen LogP contribution in [0.1, 0.15) is 40.7 Å². The van der Waals surface area contributed by atoms with Crippen molar-refractivity contribution in [3.05, 3.63) is 82.9 Å². The molecule has 0 aliphatic carbocycles. The number of esters is 1. The van der Waals surface area contributed by atoms with Crippen LogP contribution in [0.15, 0.2) is 48.8 Å². The van der Waals surface area contributed by atoms with Crippen molar-refractivity contribution >= 4 is 23.2 Å². The van der Waals surface area contributed by atoms with E-state index in [1.807, 2.05) is 5.32 Å². The van der Waals surface area contributed by atoms with E-state index in [1.54, 1.807) is 0 Å². The van der Waals surface area contributed by atoms with Gasteiger partial charge in [0.2, 0.25) is 0 Å². The fraction of sp³-hybridized carbons (Fsp3) is 0.310. The largest absolute Gasteiger partial charge is 0.467 e. The molecule has 0 spiro atoms. The van der Waals surface area contributed by atoms with Crippen LogP contribution in [0, 0.1) is 18.6 Å². The molecule has 16 heteroatoms. The number of hydrogen-bond donors (Lipinski definition) is 2. The Morgan fingerprint density at radius 3 is 2.27 bits per heavy atom. The first kappa shape index (κ1) is 33.1. The summed E-state index contributed by atoms with van der Waals surface area (Å²) in [6.45, 7) is 2.74. The molecule has 8 nitrogen and oxygen atoms in total. The quantitative estimate of drug-likeness (QED) is 0.165. The molecule has 0 aliphatic heterocycles. The fourth-order valence-electron chi connectivity index (χ4n) is 4.68. The highest BCUT2D eigenvalue weighted by Gasteiger charge is 2.39. The molecule has 1 amide bonds. The number of aromatic nitrogens is 3. The van der Waals surface area contributed by atoms with Crippen LogP contribution in [0.5, 0.6) is 0 Å². The number of ether oxygens (including phenoxy) is 1. The third kappa shape index (κ3) is 7.15. The Bertz CT molecular complexity index is 1710. The predicted molar refractivity (Wildman–Crippen MR) is 145 cm³/mol. The number of halogens is 8. The summed E-state index contributed by atoms with van der Waals surface area (Å²) in [5, 5.41) is 4.14. The minimum atomic E-state index is -4.73. The number of anilines is 1. The van der Waals surface area contributed by atoms with Gasteiger partial charge in [-0.05, 0) is 49.7 Å². The summed E-state index contributed by atoms with van der Waals surface area (Å²) in [6, 6.07) is 2.15. The highest BCUT2D eigenvalue weighted by molar-refractivity contribution is 5.97. The van der Waals surface area contributed by atoms with Crippen molar-refractivity contribution in [2.75, 3.05) is 12.4 Å². The number of nitrogens with zero attached hydrogens (tertiary/aromatic N) is 3. The molecular formula is C29H25F8N5O3. The van der Waals surface area contributed by atoms with Crippen molar-refractivity contribution in [1.82, 2.24) is 19.7 Å². The van der Waals surface area contributed by atoms with Gasteiger partial charge in [0.05, 0.1) is 18.4 Å². The van der Waals surface area contributed by atoms with Crippen LogP contribution < -0.4 is 10.6 Å². The Morgan fingerprint density at radius 1 is 1.02 bits per heavy atom. The topological polar surface area (TPSA) is 97.6 Å². The zero-order valence-corrected chi connectivity index (χ0v) is 23.8. The molecule has 0 aliphatic rings. The Kier molecular flexibility index (Phi) is 9.35. The molecule has 0 radical (unpaired) electrons. The van der Waals surface area contributed by atoms with Crippen molar-refractivity contribution < 1.29 is 49.4 Å². The lowest BCUT2D eigenvalue weighted by Crippen LogP contribution is -2.44. The molecule has 0 saturated heterocycles. The van der Waals surface area contributed by atoms with Crippen LogP contribution in [-0.4, -0.2) is 51.6 Å². The number of pyridine rings is 2. The lowest BCUT2D eigenvalue weighted by molar-refractivity contribution is -0.143. The fourth-order valence-corrected chi connectivity index (χ4v) is 4.68. The van der Waals surface area contributed by atoms with Crippen LogP contribution in [0.4, 0.5) is 40.8 Å². The number of methoxy groups -OCH3 is 1. The van der Waals surface area contributed by atoms with Gasteiger partial charge >= 0.3 is 18.3 Å². The summed E-state index contributed by atoms with van der Waals surface area (Å²) in [6.07, 6.45) is -7.56. The van der Waals surface area contributed by atoms with E-state index in [2.05, 4.69) is 15.3 Å². The average Bonchev–Trinajstić information content (AvgIpc) is 3.44. The summed E-state index contributed by atoms with van der Waals surface area (Å²) in [4.78, 5) is 33.8. The Labute approximate surface area is 250 Å². The Morgan fingerprint density at radius 2 is 1.69 bits per heavy atom. The lowest BCUT2D eigenvalue weighted by atomic mass is 10.0. The number of carbonyl (C=O) groups excluding carboxylic acids is 2. The lowest BCUT2D eigenvalue weighted by Gasteiger charge is -2.22. The molecule has 3 heterocycles. The first-order valence-electron chi connectivity index (χ1n) is 13.3. The summed E-state index contributed by atoms with van der Waals surface area (Å²) in [5.74, 6) is -5.44. The molecule has 3 aromatic heterocycles. The average molecular weight is 644 g/mol. The zero-order chi connectivity index (χ0) is 33.3. The second kappa shape index (κ2) is 12.7. The molecule has 45 heavy (non-hydrogen) atoms. The number of benzene rings is 1. The van der Waals surface area contributed by atoms with Gasteiger partial charge in [0.1, 0.15) is 34.9 Å². The molecule has 2 atom stereocenters. The minimum Gasteiger partial charge on any atom is -0.467 e. The van der Waals surface area contributed by atoms with E-state index in [1.165, 1.54) is 48.8 Å². The maximum atomic E-state index is 14.9. The van der Waals surface area contributed by atoms with E-state index < -0.39 is 71.2 Å². The number of fused-ring (bicyclic) bond motifs is 1. The first-order valence-corrected chi connectivity index (χ1v) is 13.3. The van der Waals surface area contributed by atoms with E-state index >= 15 is 0 Å². The van der Waals surface area contributed by atoms with Crippen LogP contribution in [0.3, 0.4) is 0 Å². The number of hydrogen-bond acceptors (Lipinski definition) is 6. The van der Waals surface area contributed by atoms with Gasteiger partial charge in [0.25, 0.3) is 5.91 Å². The van der Waals surface area contributed by atoms with Crippen molar-refractivity contribution in [2.45, 2.75) is 51.1 Å². The second-order valence-electron chi connectivity index (χ2n) is 9.92. The van der Waals surface area contributed by atoms with Crippen LogP contribution in [-0.2, 0) is 22.1 Å². The number of nitrogens with one attached hydrogen (secondary N) is 2. The molecule has 0 saturated carbocycles. The molecule has 4 aromatic rings. The molecule has 0 unspecified atom stereocenters. The molecule has 0 bridgehead atoms. The van der Waals surface area contributed by atoms with Crippen LogP contribution in [0.2, 0.25) is 0 Å². The third-order valence-electron chi connectivity index (χ3n) is 6.85. The predicted octanol–water partition coefficient (Wildman–Crippen LogP) is 6.27. The highest BCUT2D eigenvalue weighted by atomic mass is 19.4. The molecule has 1 aromatic carbocycles. The number of carbonyl (C=O) groups is 2. The van der Waals surface area contributed by atoms with Crippen molar-refractivity contribution in [2.24, 2.45) is 0 Å². The van der Waals surface area contributed by atoms with Crippen LogP contribution in [0.25, 0.3) is 16.9 Å². The Hall–Kier alpha value is -4.76. The van der Waals surface area contributed by atoms with Crippen molar-refractivity contribution in [1.29, 1.82) is 0 Å². The highest BCUT2D eigenvalue weighted by Crippen LogP contribution is 2.37. The van der Waals surface area contributed by atoms with Gasteiger partial charge < -0.3 is 19.8 Å². The first-order chi connectivity index (χ1) is 21.0. The monoisotopic (exact) mass is 643 g/mol. The van der Waals surface area contributed by atoms with Gasteiger partial charge in [0, 0.05) is 41.5 Å². The summed E-state index contributed by atoms with van der Waals surface area (Å²) >= 11 is 0. The maximum absolute atomic E-state index is 14.9. The normalized spacial score (nSPS) is 13.4. The Balaban J connectivity index is 1.65. The van der Waals surface area contributed by atoms with Gasteiger partial charge in [-0.3, -0.25) is 9.78 Å². The van der Waals surface area contributed by atoms with Gasteiger partial charge in [0.15, 0.2) is 0 Å². The smallest absolute Gasteiger partial charge is 0.418 e. The number of rotatable bonds is 9. The van der Waals surface area contributed by atoms with Gasteiger partial charge in [-0.1, -0.05) is 6.92 Å². The maximum Gasteiger partial charge on any atom is 0.418 e. The molecule has 4 rings (SSSR count). The van der Waals surface area contributed by atoms with Gasteiger partial charge in [-0.25, -0.2) is 18.6 Å². The van der Waals surface area contributed by atoms with E-state index in [0.717, 1.165) is 13.2 Å². The second-order valence-corrected chi connectivity index (χ2v) is 9.92. The molecule has 240 valence electrons. The van der Waals surface area contributed by atoms with E-state index in [-0.39, 0.29) is 29.0 Å². The summed E-state index contributed by atoms with van der Waals surface area (Å²) < 4.78 is 116. The van der Waals surface area contributed by atoms with Crippen LogP contribution >= 0.6 is 0 Å². The van der Waals surface area contributed by atoms with Gasteiger partial charge in [-0.2, -0.15) is 26.3 Å². The third-order valence-corrected chi connectivity index (χ3v) is 6.85. The minimum absolute atomic E-state index is 0.0205. The van der Waals surface area contributed by atoms with E-state index in [9.17, 15) is 44.7 Å². The molecule has 0 fully saturated rings. The zero-order valence-electron chi connectivity index (χ0n) is 23.8. The number of aryl methyl sites for hydroxylation is 1. The van der Waals surface area contributed by atoms with Gasteiger partial charge in [-0.15, -0.1) is 0 Å². The molecular weight excluding hydrogens is 618 g/mol. The number of alkyl halides is 6. The van der Waals surface area contributed by atoms with E-state index in [4.69, 9.17) is 4.74 Å². The summed E-state index contributed by atoms with van der Waals surface area (Å²) in [5.41, 5.74) is -2.50. The molecule has 2 N–H and O–H groups in total.